The minimum absolute atomic E-state index is 0.00680. The van der Waals surface area contributed by atoms with Crippen molar-refractivity contribution in [2.24, 2.45) is 12.5 Å². The maximum Gasteiger partial charge on any atom is 0.216 e. The molecule has 2 aromatic heterocycles. The molecule has 0 unspecified atom stereocenters. The van der Waals surface area contributed by atoms with E-state index in [-0.39, 0.29) is 22.1 Å². The van der Waals surface area contributed by atoms with E-state index in [9.17, 15) is 0 Å². The maximum atomic E-state index is 15.9. The van der Waals surface area contributed by atoms with Gasteiger partial charge in [-0.25, -0.2) is 8.96 Å². The van der Waals surface area contributed by atoms with Gasteiger partial charge in [0.1, 0.15) is 24.0 Å². The molecular weight excluding hydrogens is 493 g/mol. The third-order valence-corrected chi connectivity index (χ3v) is 11.0. The van der Waals surface area contributed by atoms with Crippen LogP contribution >= 0.6 is 0 Å². The standard InChI is InChI=1S/C37H39FNO/c1-23-13-15-25-26-16-18-29(38)32(34(26)40-33(25)31(23)30-12-8-11-21-39(30)6)24-14-17-27-28(22-24)36(4,5)37(35(27,2)3)19-9-7-10-20-37/h8,11-18,21-22H,7,9-10,19-20H2,1-6H3/q+1. The Bertz CT molecular complexity index is 1820. The van der Waals surface area contributed by atoms with Gasteiger partial charge in [-0.3, -0.25) is 0 Å². The van der Waals surface area contributed by atoms with E-state index in [1.165, 1.54) is 43.2 Å². The first-order valence-corrected chi connectivity index (χ1v) is 14.8. The number of rotatable bonds is 2. The summed E-state index contributed by atoms with van der Waals surface area (Å²) in [6.07, 6.45) is 8.47. The largest absolute Gasteiger partial charge is 0.454 e. The molecule has 0 amide bonds. The summed E-state index contributed by atoms with van der Waals surface area (Å²) in [6, 6.07) is 20.6. The normalized spacial score (nSPS) is 19.0. The first-order valence-electron chi connectivity index (χ1n) is 14.8. The van der Waals surface area contributed by atoms with Crippen molar-refractivity contribution in [1.29, 1.82) is 0 Å². The lowest BCUT2D eigenvalue weighted by Gasteiger charge is -2.52. The molecule has 0 atom stereocenters. The van der Waals surface area contributed by atoms with Crippen LogP contribution in [-0.4, -0.2) is 0 Å². The third-order valence-electron chi connectivity index (χ3n) is 11.0. The topological polar surface area (TPSA) is 17.0 Å². The molecular formula is C37H39FNO+. The van der Waals surface area contributed by atoms with Gasteiger partial charge in [-0.15, -0.1) is 0 Å². The Kier molecular flexibility index (Phi) is 5.43. The van der Waals surface area contributed by atoms with E-state index in [1.54, 1.807) is 6.07 Å². The molecule has 5 aromatic rings. The number of fused-ring (bicyclic) bond motifs is 4. The van der Waals surface area contributed by atoms with Crippen molar-refractivity contribution >= 4 is 21.9 Å². The molecule has 204 valence electrons. The number of aromatic nitrogens is 1. The van der Waals surface area contributed by atoms with Crippen LogP contribution in [0.3, 0.4) is 0 Å². The Morgan fingerprint density at radius 1 is 0.750 bits per heavy atom. The minimum Gasteiger partial charge on any atom is -0.454 e. The van der Waals surface area contributed by atoms with Crippen LogP contribution in [0.5, 0.6) is 0 Å². The summed E-state index contributed by atoms with van der Waals surface area (Å²) in [7, 11) is 2.05. The molecule has 0 N–H and O–H groups in total. The maximum absolute atomic E-state index is 15.9. The van der Waals surface area contributed by atoms with Crippen molar-refractivity contribution in [2.45, 2.75) is 77.6 Å². The van der Waals surface area contributed by atoms with Crippen molar-refractivity contribution in [3.8, 4) is 22.4 Å². The van der Waals surface area contributed by atoms with Gasteiger partial charge >= 0.3 is 0 Å². The fourth-order valence-electron chi connectivity index (χ4n) is 8.81. The van der Waals surface area contributed by atoms with Crippen LogP contribution in [0.15, 0.2) is 71.3 Å². The number of halogens is 1. The van der Waals surface area contributed by atoms with Crippen LogP contribution in [0.2, 0.25) is 0 Å². The zero-order valence-corrected chi connectivity index (χ0v) is 24.6. The molecule has 3 aromatic carbocycles. The monoisotopic (exact) mass is 532 g/mol. The van der Waals surface area contributed by atoms with Gasteiger partial charge in [0.15, 0.2) is 6.20 Å². The van der Waals surface area contributed by atoms with Crippen LogP contribution in [-0.2, 0) is 17.9 Å². The second-order valence-corrected chi connectivity index (χ2v) is 13.4. The highest BCUT2D eigenvalue weighted by Crippen LogP contribution is 2.67. The molecule has 0 aliphatic heterocycles. The number of benzene rings is 3. The molecule has 2 heterocycles. The molecule has 7 rings (SSSR count). The van der Waals surface area contributed by atoms with E-state index < -0.39 is 0 Å². The fraction of sp³-hybridized carbons (Fsp3) is 0.378. The Hall–Kier alpha value is -3.46. The predicted octanol–water partition coefficient (Wildman–Crippen LogP) is 9.71. The highest BCUT2D eigenvalue weighted by Gasteiger charge is 2.61. The molecule has 40 heavy (non-hydrogen) atoms. The first-order chi connectivity index (χ1) is 19.1. The van der Waals surface area contributed by atoms with Crippen LogP contribution in [0.4, 0.5) is 4.39 Å². The van der Waals surface area contributed by atoms with E-state index in [0.29, 0.717) is 11.1 Å². The fourth-order valence-corrected chi connectivity index (χ4v) is 8.81. The van der Waals surface area contributed by atoms with E-state index in [4.69, 9.17) is 4.42 Å². The summed E-state index contributed by atoms with van der Waals surface area (Å²) in [5, 5.41) is 1.97. The van der Waals surface area contributed by atoms with Crippen molar-refractivity contribution in [3.63, 3.8) is 0 Å². The van der Waals surface area contributed by atoms with Gasteiger partial charge in [0.25, 0.3) is 0 Å². The van der Waals surface area contributed by atoms with Crippen LogP contribution in [0.25, 0.3) is 44.3 Å². The molecule has 3 heteroatoms. The van der Waals surface area contributed by atoms with Gasteiger partial charge in [0.05, 0.1) is 11.1 Å². The quantitative estimate of drug-likeness (QED) is 0.207. The average molecular weight is 533 g/mol. The SMILES string of the molecule is Cc1ccc2c(oc3c(-c4ccc5c(c4)C(C)(C)C4(CCCCC4)C5(C)C)c(F)ccc32)c1-c1cccc[n+]1C. The molecule has 2 nitrogen and oxygen atoms in total. The first kappa shape index (κ1) is 25.5. The Morgan fingerprint density at radius 2 is 1.43 bits per heavy atom. The summed E-state index contributed by atoms with van der Waals surface area (Å²) in [5.41, 5.74) is 9.28. The number of hydrogen-bond acceptors (Lipinski definition) is 1. The van der Waals surface area contributed by atoms with Crippen molar-refractivity contribution in [2.75, 3.05) is 0 Å². The highest BCUT2D eigenvalue weighted by atomic mass is 19.1. The summed E-state index contributed by atoms with van der Waals surface area (Å²) in [6.45, 7) is 11.9. The summed E-state index contributed by atoms with van der Waals surface area (Å²) < 4.78 is 24.7. The average Bonchev–Trinajstić information content (AvgIpc) is 3.36. The smallest absolute Gasteiger partial charge is 0.216 e. The van der Waals surface area contributed by atoms with Gasteiger partial charge in [-0.2, -0.15) is 0 Å². The van der Waals surface area contributed by atoms with Crippen molar-refractivity contribution in [3.05, 3.63) is 89.4 Å². The highest BCUT2D eigenvalue weighted by molar-refractivity contribution is 6.13. The van der Waals surface area contributed by atoms with Gasteiger partial charge in [0.2, 0.25) is 5.69 Å². The number of nitrogens with zero attached hydrogens (tertiary/aromatic N) is 1. The lowest BCUT2D eigenvalue weighted by Crippen LogP contribution is -2.48. The lowest BCUT2D eigenvalue weighted by atomic mass is 9.51. The predicted molar refractivity (Wildman–Crippen MR) is 162 cm³/mol. The van der Waals surface area contributed by atoms with Gasteiger partial charge in [-0.1, -0.05) is 77.3 Å². The van der Waals surface area contributed by atoms with Crippen LogP contribution < -0.4 is 4.57 Å². The van der Waals surface area contributed by atoms with E-state index in [0.717, 1.165) is 38.7 Å². The zero-order chi connectivity index (χ0) is 28.0. The Morgan fingerprint density at radius 3 is 2.15 bits per heavy atom. The third kappa shape index (κ3) is 3.18. The summed E-state index contributed by atoms with van der Waals surface area (Å²) in [5.74, 6) is -0.238. The summed E-state index contributed by atoms with van der Waals surface area (Å²) in [4.78, 5) is 0. The molecule has 0 saturated heterocycles. The molecule has 1 fully saturated rings. The van der Waals surface area contributed by atoms with E-state index in [1.807, 2.05) is 31.4 Å². The molecule has 1 spiro atoms. The minimum atomic E-state index is -0.238. The van der Waals surface area contributed by atoms with Crippen LogP contribution in [0.1, 0.15) is 76.5 Å². The molecule has 0 radical (unpaired) electrons. The molecule has 1 saturated carbocycles. The zero-order valence-electron chi connectivity index (χ0n) is 24.6. The molecule has 0 bridgehead atoms. The van der Waals surface area contributed by atoms with Gasteiger partial charge < -0.3 is 4.42 Å². The number of aryl methyl sites for hydroxylation is 2. The number of furan rings is 1. The summed E-state index contributed by atoms with van der Waals surface area (Å²) >= 11 is 0. The lowest BCUT2D eigenvalue weighted by molar-refractivity contribution is -0.660. The second kappa shape index (κ2) is 8.52. The second-order valence-electron chi connectivity index (χ2n) is 13.4. The number of hydrogen-bond donors (Lipinski definition) is 0. The van der Waals surface area contributed by atoms with E-state index in [2.05, 4.69) is 75.6 Å². The number of pyridine rings is 1. The van der Waals surface area contributed by atoms with Gasteiger partial charge in [0, 0.05) is 22.9 Å². The Labute approximate surface area is 236 Å². The Balaban J connectivity index is 1.47. The van der Waals surface area contributed by atoms with Crippen molar-refractivity contribution < 1.29 is 13.4 Å². The molecule has 2 aliphatic rings. The molecule has 2 aliphatic carbocycles. The van der Waals surface area contributed by atoms with Crippen LogP contribution in [0, 0.1) is 18.2 Å². The van der Waals surface area contributed by atoms with Gasteiger partial charge in [-0.05, 0) is 76.5 Å². The van der Waals surface area contributed by atoms with E-state index >= 15 is 4.39 Å². The van der Waals surface area contributed by atoms with Crippen molar-refractivity contribution in [1.82, 2.24) is 0 Å².